The van der Waals surface area contributed by atoms with Crippen molar-refractivity contribution >= 4 is 21.9 Å². The molecule has 6 aliphatic rings. The van der Waals surface area contributed by atoms with Crippen molar-refractivity contribution in [1.82, 2.24) is 4.90 Å². The summed E-state index contributed by atoms with van der Waals surface area (Å²) >= 11 is 4.02. The minimum Gasteiger partial charge on any atom is -0.465 e. The summed E-state index contributed by atoms with van der Waals surface area (Å²) in [6, 6.07) is 0.675. The predicted octanol–water partition coefficient (Wildman–Crippen LogP) is 4.53. The lowest BCUT2D eigenvalue weighted by molar-refractivity contribution is -0.172. The summed E-state index contributed by atoms with van der Waals surface area (Å²) in [6.07, 6.45) is 13.6. The maximum Gasteiger partial charge on any atom is 0.312 e. The summed E-state index contributed by atoms with van der Waals surface area (Å²) in [5.74, 6) is 2.22. The van der Waals surface area contributed by atoms with Gasteiger partial charge in [-0.2, -0.15) is 0 Å². The van der Waals surface area contributed by atoms with Gasteiger partial charge in [0.2, 0.25) is 0 Å². The average Bonchev–Trinajstić information content (AvgIpc) is 2.57. The van der Waals surface area contributed by atoms with E-state index >= 15 is 0 Å². The highest BCUT2D eigenvalue weighted by Crippen LogP contribution is 2.64. The zero-order valence-corrected chi connectivity index (χ0v) is 16.9. The van der Waals surface area contributed by atoms with E-state index in [1.807, 2.05) is 0 Å². The van der Waals surface area contributed by atoms with Crippen molar-refractivity contribution < 1.29 is 9.53 Å². The molecule has 2 heterocycles. The first-order valence-electron chi connectivity index (χ1n) is 10.7. The molecule has 6 atom stereocenters. The number of hydrogen-bond acceptors (Lipinski definition) is 3. The lowest BCUT2D eigenvalue weighted by Gasteiger charge is -2.58. The van der Waals surface area contributed by atoms with E-state index in [9.17, 15) is 4.79 Å². The summed E-state index contributed by atoms with van der Waals surface area (Å²) < 4.78 is 6.31. The molecule has 4 bridgehead atoms. The zero-order valence-electron chi connectivity index (χ0n) is 15.4. The van der Waals surface area contributed by atoms with Crippen LogP contribution in [0.3, 0.4) is 0 Å². The molecular weight excluding hydrogens is 378 g/mol. The van der Waals surface area contributed by atoms with Crippen LogP contribution < -0.4 is 0 Å². The minimum absolute atomic E-state index is 0.151. The fraction of sp³-hybridized carbons (Fsp3) is 0.952. The summed E-state index contributed by atoms with van der Waals surface area (Å²) in [5, 5.41) is 0. The maximum absolute atomic E-state index is 13.2. The first-order chi connectivity index (χ1) is 12.1. The molecule has 25 heavy (non-hydrogen) atoms. The molecule has 4 aliphatic carbocycles. The molecule has 0 aromatic carbocycles. The van der Waals surface area contributed by atoms with Crippen molar-refractivity contribution in [3.8, 4) is 0 Å². The fourth-order valence-electron chi connectivity index (χ4n) is 7.50. The van der Waals surface area contributed by atoms with Crippen molar-refractivity contribution in [2.24, 2.45) is 23.2 Å². The number of carbonyl (C=O) groups is 1. The molecular formula is C21H32BrNO2. The van der Waals surface area contributed by atoms with Crippen LogP contribution in [0.15, 0.2) is 0 Å². The number of piperidine rings is 2. The Morgan fingerprint density at radius 2 is 1.80 bits per heavy atom. The number of fused-ring (bicyclic) bond motifs is 1. The summed E-state index contributed by atoms with van der Waals surface area (Å²) in [6.45, 7) is 3.19. The van der Waals surface area contributed by atoms with E-state index in [0.717, 1.165) is 31.1 Å². The maximum atomic E-state index is 13.2. The van der Waals surface area contributed by atoms with Gasteiger partial charge in [0, 0.05) is 16.3 Å². The molecule has 4 saturated carbocycles. The third-order valence-electron chi connectivity index (χ3n) is 8.08. The molecule has 6 rings (SSSR count). The second-order valence-corrected chi connectivity index (χ2v) is 11.7. The molecule has 140 valence electrons. The third-order valence-corrected chi connectivity index (χ3v) is 9.01. The summed E-state index contributed by atoms with van der Waals surface area (Å²) in [5.41, 5.74) is -0.158. The van der Waals surface area contributed by atoms with Gasteiger partial charge < -0.3 is 4.74 Å². The van der Waals surface area contributed by atoms with Gasteiger partial charge in [0.05, 0.1) is 12.0 Å². The van der Waals surface area contributed by atoms with E-state index in [2.05, 4.69) is 20.8 Å². The lowest BCUT2D eigenvalue weighted by Crippen LogP contribution is -2.56. The van der Waals surface area contributed by atoms with E-state index < -0.39 is 0 Å². The number of halogens is 1. The number of hydrogen-bond donors (Lipinski definition) is 0. The van der Waals surface area contributed by atoms with Gasteiger partial charge >= 0.3 is 5.97 Å². The number of esters is 1. The Balaban J connectivity index is 1.25. The number of alkyl halides is 1. The van der Waals surface area contributed by atoms with Crippen LogP contribution in [0.1, 0.15) is 70.6 Å². The van der Waals surface area contributed by atoms with Crippen LogP contribution in [0.2, 0.25) is 0 Å². The highest BCUT2D eigenvalue weighted by atomic mass is 79.9. The Morgan fingerprint density at radius 1 is 1.04 bits per heavy atom. The van der Waals surface area contributed by atoms with E-state index in [4.69, 9.17) is 4.74 Å². The van der Waals surface area contributed by atoms with Gasteiger partial charge in [-0.3, -0.25) is 9.69 Å². The average molecular weight is 410 g/mol. The van der Waals surface area contributed by atoms with Crippen LogP contribution in [0.4, 0.5) is 0 Å². The van der Waals surface area contributed by atoms with Gasteiger partial charge in [-0.1, -0.05) is 22.4 Å². The van der Waals surface area contributed by atoms with Crippen molar-refractivity contribution in [3.05, 3.63) is 0 Å². The first-order valence-corrected chi connectivity index (χ1v) is 11.4. The number of rotatable bonds is 3. The Kier molecular flexibility index (Phi) is 4.24. The molecule has 0 amide bonds. The number of carbonyl (C=O) groups excluding carboxylic acids is 1. The molecule has 6 fully saturated rings. The van der Waals surface area contributed by atoms with Gasteiger partial charge in [0.15, 0.2) is 0 Å². The van der Waals surface area contributed by atoms with E-state index in [-0.39, 0.29) is 15.7 Å². The predicted molar refractivity (Wildman–Crippen MR) is 102 cm³/mol. The standard InChI is InChI=1S/C21H32BrNO2/c22-21-11-15-8-16(12-21)10-20(9-15,14-21)19(24)25-13-17-4-3-7-23-6-2-1-5-18(17)23/h15-18H,1-14H2/t15-,16+,17-,18+,20?,21?/m1/s1. The van der Waals surface area contributed by atoms with Crippen molar-refractivity contribution in [3.63, 3.8) is 0 Å². The Hall–Kier alpha value is -0.0900. The summed E-state index contributed by atoms with van der Waals surface area (Å²) in [4.78, 5) is 15.9. The van der Waals surface area contributed by atoms with Gasteiger partial charge in [-0.25, -0.2) is 0 Å². The largest absolute Gasteiger partial charge is 0.465 e. The fourth-order valence-corrected chi connectivity index (χ4v) is 8.95. The van der Waals surface area contributed by atoms with Crippen LogP contribution in [0.5, 0.6) is 0 Å². The Morgan fingerprint density at radius 3 is 2.56 bits per heavy atom. The van der Waals surface area contributed by atoms with Crippen LogP contribution in [0.25, 0.3) is 0 Å². The molecule has 4 heteroatoms. The van der Waals surface area contributed by atoms with Crippen LogP contribution in [-0.2, 0) is 9.53 Å². The summed E-state index contributed by atoms with van der Waals surface area (Å²) in [7, 11) is 0. The molecule has 0 aromatic rings. The Bertz CT molecular complexity index is 534. The van der Waals surface area contributed by atoms with Crippen molar-refractivity contribution in [2.75, 3.05) is 19.7 Å². The smallest absolute Gasteiger partial charge is 0.312 e. The molecule has 0 aromatic heterocycles. The quantitative estimate of drug-likeness (QED) is 0.506. The van der Waals surface area contributed by atoms with Crippen LogP contribution in [0, 0.1) is 23.2 Å². The molecule has 3 nitrogen and oxygen atoms in total. The third kappa shape index (κ3) is 2.99. The highest BCUT2D eigenvalue weighted by Gasteiger charge is 2.60. The van der Waals surface area contributed by atoms with E-state index in [1.54, 1.807) is 0 Å². The Labute approximate surface area is 160 Å². The first kappa shape index (κ1) is 17.0. The molecule has 2 saturated heterocycles. The monoisotopic (exact) mass is 409 g/mol. The number of ether oxygens (including phenoxy) is 1. The second-order valence-electron chi connectivity index (χ2n) is 9.99. The normalized spacial score (nSPS) is 49.0. The van der Waals surface area contributed by atoms with Gasteiger partial charge in [0.25, 0.3) is 0 Å². The second kappa shape index (κ2) is 6.22. The van der Waals surface area contributed by atoms with Gasteiger partial charge in [-0.15, -0.1) is 0 Å². The van der Waals surface area contributed by atoms with Gasteiger partial charge in [0.1, 0.15) is 0 Å². The highest BCUT2D eigenvalue weighted by molar-refractivity contribution is 9.10. The molecule has 0 spiro atoms. The molecule has 2 unspecified atom stereocenters. The van der Waals surface area contributed by atoms with Gasteiger partial charge in [-0.05, 0) is 89.1 Å². The van der Waals surface area contributed by atoms with Crippen LogP contribution in [-0.4, -0.2) is 40.9 Å². The minimum atomic E-state index is -0.158. The zero-order chi connectivity index (χ0) is 17.1. The molecule has 0 N–H and O–H groups in total. The lowest BCUT2D eigenvalue weighted by atomic mass is 9.49. The van der Waals surface area contributed by atoms with Crippen molar-refractivity contribution in [1.29, 1.82) is 0 Å². The molecule has 0 radical (unpaired) electrons. The topological polar surface area (TPSA) is 29.5 Å². The SMILES string of the molecule is O=C(OC[C@H]1CCCN2CCCC[C@@H]12)C12C[C@@H]3C[C@@H](CC(Br)(C3)C1)C2. The molecule has 2 aliphatic heterocycles. The van der Waals surface area contributed by atoms with Crippen LogP contribution >= 0.6 is 15.9 Å². The van der Waals surface area contributed by atoms with Crippen molar-refractivity contribution in [2.45, 2.75) is 81.0 Å². The number of nitrogens with zero attached hydrogens (tertiary/aromatic N) is 1. The van der Waals surface area contributed by atoms with E-state index in [1.165, 1.54) is 64.5 Å². The van der Waals surface area contributed by atoms with E-state index in [0.29, 0.717) is 18.6 Å².